The van der Waals surface area contributed by atoms with E-state index in [0.29, 0.717) is 31.9 Å². The van der Waals surface area contributed by atoms with Crippen molar-refractivity contribution in [2.24, 2.45) is 12.5 Å². The van der Waals surface area contributed by atoms with Crippen LogP contribution in [0.3, 0.4) is 0 Å². The molecule has 0 bridgehead atoms. The summed E-state index contributed by atoms with van der Waals surface area (Å²) in [5, 5.41) is 4.16. The Bertz CT molecular complexity index is 535. The fourth-order valence-corrected chi connectivity index (χ4v) is 3.30. The Kier molecular flexibility index (Phi) is 5.73. The van der Waals surface area contributed by atoms with Crippen LogP contribution in [-0.4, -0.2) is 38.0 Å². The largest absolute Gasteiger partial charge is 0.381 e. The lowest BCUT2D eigenvalue weighted by Crippen LogP contribution is -2.37. The van der Waals surface area contributed by atoms with Gasteiger partial charge in [-0.15, -0.1) is 0 Å². The molecule has 116 valence electrons. The van der Waals surface area contributed by atoms with E-state index in [1.807, 2.05) is 27.7 Å². The molecule has 1 heterocycles. The molecule has 1 rings (SSSR count). The molecule has 6 nitrogen and oxygen atoms in total. The summed E-state index contributed by atoms with van der Waals surface area (Å²) < 4.78 is 34.2. The third-order valence-corrected chi connectivity index (χ3v) is 4.37. The van der Waals surface area contributed by atoms with Gasteiger partial charge in [0.1, 0.15) is 4.90 Å². The van der Waals surface area contributed by atoms with E-state index in [9.17, 15) is 8.42 Å². The minimum atomic E-state index is -3.53. The lowest BCUT2D eigenvalue weighted by molar-refractivity contribution is 0.0734. The summed E-state index contributed by atoms with van der Waals surface area (Å²) in [6, 6.07) is 0. The monoisotopic (exact) mass is 303 g/mol. The van der Waals surface area contributed by atoms with Crippen molar-refractivity contribution in [3.63, 3.8) is 0 Å². The van der Waals surface area contributed by atoms with Crippen LogP contribution in [0.5, 0.6) is 0 Å². The maximum atomic E-state index is 12.3. The predicted octanol–water partition coefficient (Wildman–Crippen LogP) is 1.32. The van der Waals surface area contributed by atoms with Crippen molar-refractivity contribution < 1.29 is 13.2 Å². The van der Waals surface area contributed by atoms with Crippen LogP contribution >= 0.6 is 0 Å². The molecule has 0 spiro atoms. The molecular formula is C13H25N3O3S. The molecule has 0 fully saturated rings. The summed E-state index contributed by atoms with van der Waals surface area (Å²) >= 11 is 0. The van der Waals surface area contributed by atoms with Crippen molar-refractivity contribution in [1.82, 2.24) is 14.5 Å². The second kappa shape index (κ2) is 6.69. The van der Waals surface area contributed by atoms with E-state index in [1.54, 1.807) is 7.05 Å². The molecule has 0 aliphatic rings. The number of ether oxygens (including phenoxy) is 1. The van der Waals surface area contributed by atoms with E-state index in [1.165, 1.54) is 10.9 Å². The zero-order chi connectivity index (χ0) is 15.4. The summed E-state index contributed by atoms with van der Waals surface area (Å²) in [6.45, 7) is 9.21. The lowest BCUT2D eigenvalue weighted by atomic mass is 9.95. The Hall–Kier alpha value is -0.920. The smallest absolute Gasteiger partial charge is 0.243 e. The van der Waals surface area contributed by atoms with Crippen LogP contribution in [-0.2, 0) is 28.2 Å². The van der Waals surface area contributed by atoms with E-state index >= 15 is 0 Å². The van der Waals surface area contributed by atoms with Crippen LogP contribution < -0.4 is 4.72 Å². The van der Waals surface area contributed by atoms with E-state index in [2.05, 4.69) is 9.82 Å². The third kappa shape index (κ3) is 4.57. The fraction of sp³-hybridized carbons (Fsp3) is 0.769. The number of aryl methyl sites for hydroxylation is 2. The van der Waals surface area contributed by atoms with Crippen molar-refractivity contribution >= 4 is 10.0 Å². The fourth-order valence-electron chi connectivity index (χ4n) is 1.78. The van der Waals surface area contributed by atoms with Gasteiger partial charge in [0.25, 0.3) is 0 Å². The molecule has 0 aliphatic heterocycles. The molecule has 0 amide bonds. The second-order valence-corrected chi connectivity index (χ2v) is 7.33. The van der Waals surface area contributed by atoms with Crippen LogP contribution in [0.2, 0.25) is 0 Å². The highest BCUT2D eigenvalue weighted by molar-refractivity contribution is 7.89. The molecule has 7 heteroatoms. The van der Waals surface area contributed by atoms with Gasteiger partial charge in [0, 0.05) is 31.8 Å². The van der Waals surface area contributed by atoms with Crippen LogP contribution in [0.1, 0.15) is 33.4 Å². The van der Waals surface area contributed by atoms with Crippen LogP contribution in [0.25, 0.3) is 0 Å². The molecule has 0 unspecified atom stereocenters. The second-order valence-electron chi connectivity index (χ2n) is 5.59. The quantitative estimate of drug-likeness (QED) is 0.786. The van der Waals surface area contributed by atoms with Gasteiger partial charge in [0.05, 0.1) is 12.3 Å². The normalized spacial score (nSPS) is 12.8. The Morgan fingerprint density at radius 1 is 1.40 bits per heavy atom. The van der Waals surface area contributed by atoms with E-state index in [-0.39, 0.29) is 10.3 Å². The number of sulfonamides is 1. The minimum absolute atomic E-state index is 0.252. The van der Waals surface area contributed by atoms with Crippen molar-refractivity contribution in [2.75, 3.05) is 19.8 Å². The molecule has 1 aromatic heterocycles. The highest BCUT2D eigenvalue weighted by atomic mass is 32.2. The highest BCUT2D eigenvalue weighted by Gasteiger charge is 2.25. The van der Waals surface area contributed by atoms with Gasteiger partial charge < -0.3 is 4.74 Å². The molecule has 0 aromatic carbocycles. The number of hydrogen-bond acceptors (Lipinski definition) is 4. The maximum absolute atomic E-state index is 12.3. The summed E-state index contributed by atoms with van der Waals surface area (Å²) in [5.74, 6) is 0. The van der Waals surface area contributed by atoms with Gasteiger partial charge in [0.15, 0.2) is 0 Å². The Morgan fingerprint density at radius 3 is 2.60 bits per heavy atom. The molecule has 0 radical (unpaired) electrons. The first-order valence-corrected chi connectivity index (χ1v) is 8.30. The van der Waals surface area contributed by atoms with Gasteiger partial charge in [-0.25, -0.2) is 13.1 Å². The zero-order valence-corrected chi connectivity index (χ0v) is 13.7. The molecule has 0 saturated heterocycles. The minimum Gasteiger partial charge on any atom is -0.381 e. The van der Waals surface area contributed by atoms with Gasteiger partial charge in [-0.2, -0.15) is 5.10 Å². The van der Waals surface area contributed by atoms with E-state index in [0.717, 1.165) is 0 Å². The molecule has 0 aliphatic carbocycles. The maximum Gasteiger partial charge on any atom is 0.243 e. The number of hydrogen-bond donors (Lipinski definition) is 1. The van der Waals surface area contributed by atoms with Gasteiger partial charge in [0.2, 0.25) is 10.0 Å². The van der Waals surface area contributed by atoms with Crippen molar-refractivity contribution in [1.29, 1.82) is 0 Å². The van der Waals surface area contributed by atoms with Gasteiger partial charge >= 0.3 is 0 Å². The first kappa shape index (κ1) is 17.1. The summed E-state index contributed by atoms with van der Waals surface area (Å²) in [7, 11) is -1.81. The van der Waals surface area contributed by atoms with Crippen molar-refractivity contribution in [2.45, 2.75) is 39.0 Å². The Labute approximate surface area is 121 Å². The first-order valence-electron chi connectivity index (χ1n) is 6.82. The molecular weight excluding hydrogens is 278 g/mol. The molecule has 1 N–H and O–H groups in total. The SMILES string of the molecule is CCOCC(C)(C)CNS(=O)(=O)c1cn(C)nc1CC. The Morgan fingerprint density at radius 2 is 2.05 bits per heavy atom. The molecule has 0 atom stereocenters. The third-order valence-electron chi connectivity index (χ3n) is 2.93. The van der Waals surface area contributed by atoms with Crippen molar-refractivity contribution in [3.8, 4) is 0 Å². The summed E-state index contributed by atoms with van der Waals surface area (Å²) in [4.78, 5) is 0.259. The number of aromatic nitrogens is 2. The van der Waals surface area contributed by atoms with E-state index < -0.39 is 10.0 Å². The average Bonchev–Trinajstić information content (AvgIpc) is 2.77. The molecule has 1 aromatic rings. The summed E-state index contributed by atoms with van der Waals surface area (Å²) in [6.07, 6.45) is 2.12. The van der Waals surface area contributed by atoms with Gasteiger partial charge in [-0.3, -0.25) is 4.68 Å². The number of rotatable bonds is 8. The lowest BCUT2D eigenvalue weighted by Gasteiger charge is -2.24. The topological polar surface area (TPSA) is 73.2 Å². The van der Waals surface area contributed by atoms with Crippen molar-refractivity contribution in [3.05, 3.63) is 11.9 Å². The number of nitrogens with one attached hydrogen (secondary N) is 1. The number of nitrogens with zero attached hydrogens (tertiary/aromatic N) is 2. The van der Waals surface area contributed by atoms with Crippen LogP contribution in [0.4, 0.5) is 0 Å². The standard InChI is InChI=1S/C13H25N3O3S/c1-6-11-12(8-16(5)15-11)20(17,18)14-9-13(3,4)10-19-7-2/h8,14H,6-7,9-10H2,1-5H3. The van der Waals surface area contributed by atoms with E-state index in [4.69, 9.17) is 4.74 Å². The Balaban J connectivity index is 2.80. The highest BCUT2D eigenvalue weighted by Crippen LogP contribution is 2.18. The first-order chi connectivity index (χ1) is 9.22. The average molecular weight is 303 g/mol. The van der Waals surface area contributed by atoms with Gasteiger partial charge in [-0.1, -0.05) is 20.8 Å². The predicted molar refractivity (Wildman–Crippen MR) is 78.0 cm³/mol. The zero-order valence-electron chi connectivity index (χ0n) is 12.9. The van der Waals surface area contributed by atoms with Crippen LogP contribution in [0.15, 0.2) is 11.1 Å². The van der Waals surface area contributed by atoms with Gasteiger partial charge in [-0.05, 0) is 13.3 Å². The molecule has 20 heavy (non-hydrogen) atoms. The molecule has 0 saturated carbocycles. The van der Waals surface area contributed by atoms with Crippen LogP contribution in [0, 0.1) is 5.41 Å². The summed E-state index contributed by atoms with van der Waals surface area (Å²) in [5.41, 5.74) is 0.333.